The van der Waals surface area contributed by atoms with Crippen LogP contribution in [0.5, 0.6) is 5.75 Å². The molecule has 1 amide bonds. The average molecular weight is 315 g/mol. The molecule has 0 spiro atoms. The molecule has 1 aromatic rings. The molecule has 1 atom stereocenters. The molecule has 5 nitrogen and oxygen atoms in total. The van der Waals surface area contributed by atoms with E-state index in [0.29, 0.717) is 12.0 Å². The summed E-state index contributed by atoms with van der Waals surface area (Å²) in [5.74, 6) is -1.25. The number of hydrogen-bond acceptors (Lipinski definition) is 3. The number of benzene rings is 1. The zero-order valence-corrected chi connectivity index (χ0v) is 12.2. The molecule has 7 heteroatoms. The van der Waals surface area contributed by atoms with Crippen molar-refractivity contribution in [1.82, 2.24) is 5.32 Å². The van der Waals surface area contributed by atoms with Crippen molar-refractivity contribution in [3.8, 4) is 5.75 Å². The maximum Gasteiger partial charge on any atom is 0.387 e. The first kappa shape index (κ1) is 17.9. The third kappa shape index (κ3) is 7.01. The highest BCUT2D eigenvalue weighted by atomic mass is 19.3. The molecule has 22 heavy (non-hydrogen) atoms. The predicted molar refractivity (Wildman–Crippen MR) is 75.9 cm³/mol. The van der Waals surface area contributed by atoms with Gasteiger partial charge in [-0.3, -0.25) is 9.59 Å². The summed E-state index contributed by atoms with van der Waals surface area (Å²) in [5, 5.41) is 11.5. The van der Waals surface area contributed by atoms with Crippen LogP contribution >= 0.6 is 0 Å². The van der Waals surface area contributed by atoms with E-state index in [1.165, 1.54) is 24.3 Å². The van der Waals surface area contributed by atoms with Crippen molar-refractivity contribution in [1.29, 1.82) is 0 Å². The second-order valence-electron chi connectivity index (χ2n) is 4.85. The third-order valence-electron chi connectivity index (χ3n) is 2.94. The number of ether oxygens (including phenoxy) is 1. The number of carboxylic acids is 1. The number of nitrogens with one attached hydrogen (secondary N) is 1. The zero-order valence-electron chi connectivity index (χ0n) is 12.2. The Morgan fingerprint density at radius 1 is 1.27 bits per heavy atom. The van der Waals surface area contributed by atoms with Crippen LogP contribution in [0, 0.1) is 0 Å². The second-order valence-corrected chi connectivity index (χ2v) is 4.85. The van der Waals surface area contributed by atoms with Crippen molar-refractivity contribution < 1.29 is 28.2 Å². The predicted octanol–water partition coefficient (Wildman–Crippen LogP) is 2.59. The van der Waals surface area contributed by atoms with Crippen LogP contribution in [-0.2, 0) is 16.0 Å². The lowest BCUT2D eigenvalue weighted by Crippen LogP contribution is -2.37. The number of alkyl halides is 2. The molecule has 0 heterocycles. The van der Waals surface area contributed by atoms with Gasteiger partial charge in [0.2, 0.25) is 5.91 Å². The number of carbonyl (C=O) groups is 2. The van der Waals surface area contributed by atoms with Gasteiger partial charge in [-0.1, -0.05) is 25.5 Å². The smallest absolute Gasteiger partial charge is 0.387 e. The second kappa shape index (κ2) is 8.96. The summed E-state index contributed by atoms with van der Waals surface area (Å²) in [6, 6.07) is 5.34. The van der Waals surface area contributed by atoms with E-state index < -0.39 is 18.6 Å². The first-order chi connectivity index (χ1) is 10.4. The van der Waals surface area contributed by atoms with E-state index in [0.717, 1.165) is 6.42 Å². The SMILES string of the molecule is CCCC(CC(=O)O)NC(=O)Cc1ccc(OC(F)F)cc1. The maximum absolute atomic E-state index is 12.0. The lowest BCUT2D eigenvalue weighted by atomic mass is 10.1. The molecule has 0 saturated carbocycles. The van der Waals surface area contributed by atoms with E-state index in [1.807, 2.05) is 6.92 Å². The first-order valence-electron chi connectivity index (χ1n) is 6.95. The van der Waals surface area contributed by atoms with Crippen LogP contribution in [0.15, 0.2) is 24.3 Å². The molecule has 122 valence electrons. The van der Waals surface area contributed by atoms with Crippen LogP contribution in [0.1, 0.15) is 31.7 Å². The molecule has 2 N–H and O–H groups in total. The molecule has 0 saturated heterocycles. The highest BCUT2D eigenvalue weighted by molar-refractivity contribution is 5.79. The van der Waals surface area contributed by atoms with Crippen molar-refractivity contribution in [3.63, 3.8) is 0 Å². The largest absolute Gasteiger partial charge is 0.481 e. The Morgan fingerprint density at radius 3 is 2.41 bits per heavy atom. The Hall–Kier alpha value is -2.18. The van der Waals surface area contributed by atoms with Crippen LogP contribution in [-0.4, -0.2) is 29.6 Å². The Balaban J connectivity index is 2.54. The summed E-state index contributed by atoms with van der Waals surface area (Å²) < 4.78 is 28.2. The number of aliphatic carboxylic acids is 1. The summed E-state index contributed by atoms with van der Waals surface area (Å²) in [5.41, 5.74) is 0.629. The molecule has 0 aliphatic heterocycles. The minimum Gasteiger partial charge on any atom is -0.481 e. The monoisotopic (exact) mass is 315 g/mol. The van der Waals surface area contributed by atoms with E-state index in [-0.39, 0.29) is 24.5 Å². The molecule has 0 bridgehead atoms. The molecule has 1 rings (SSSR count). The summed E-state index contributed by atoms with van der Waals surface area (Å²) in [6.45, 7) is -0.983. The molecule has 0 radical (unpaired) electrons. The Labute approximate surface area is 127 Å². The van der Waals surface area contributed by atoms with Crippen molar-refractivity contribution in [2.75, 3.05) is 0 Å². The minimum absolute atomic E-state index is 0.0221. The quantitative estimate of drug-likeness (QED) is 0.734. The topological polar surface area (TPSA) is 75.6 Å². The van der Waals surface area contributed by atoms with Gasteiger partial charge in [-0.05, 0) is 24.1 Å². The van der Waals surface area contributed by atoms with E-state index >= 15 is 0 Å². The fourth-order valence-corrected chi connectivity index (χ4v) is 2.04. The first-order valence-corrected chi connectivity index (χ1v) is 6.95. The average Bonchev–Trinajstić information content (AvgIpc) is 2.40. The minimum atomic E-state index is -2.89. The van der Waals surface area contributed by atoms with Crippen LogP contribution in [0.4, 0.5) is 8.78 Å². The standard InChI is InChI=1S/C15H19F2NO4/c1-2-3-11(9-14(20)21)18-13(19)8-10-4-6-12(7-5-10)22-15(16)17/h4-7,11,15H,2-3,8-9H2,1H3,(H,18,19)(H,20,21). The van der Waals surface area contributed by atoms with Crippen LogP contribution in [0.25, 0.3) is 0 Å². The van der Waals surface area contributed by atoms with Gasteiger partial charge >= 0.3 is 12.6 Å². The van der Waals surface area contributed by atoms with Crippen LogP contribution in [0.3, 0.4) is 0 Å². The Morgan fingerprint density at radius 2 is 1.91 bits per heavy atom. The van der Waals surface area contributed by atoms with Gasteiger partial charge in [0.1, 0.15) is 5.75 Å². The number of hydrogen-bond donors (Lipinski definition) is 2. The van der Waals surface area contributed by atoms with Crippen LogP contribution < -0.4 is 10.1 Å². The van der Waals surface area contributed by atoms with Gasteiger partial charge in [-0.2, -0.15) is 8.78 Å². The Bertz CT molecular complexity index is 491. The lowest BCUT2D eigenvalue weighted by molar-refractivity contribution is -0.137. The van der Waals surface area contributed by atoms with E-state index in [1.54, 1.807) is 0 Å². The van der Waals surface area contributed by atoms with Gasteiger partial charge in [0.15, 0.2) is 0 Å². The van der Waals surface area contributed by atoms with Gasteiger partial charge in [-0.15, -0.1) is 0 Å². The molecule has 0 fully saturated rings. The molecule has 0 aliphatic rings. The molecule has 1 aromatic carbocycles. The van der Waals surface area contributed by atoms with Gasteiger partial charge in [0.05, 0.1) is 12.8 Å². The van der Waals surface area contributed by atoms with Crippen molar-refractivity contribution in [3.05, 3.63) is 29.8 Å². The van der Waals surface area contributed by atoms with Crippen molar-refractivity contribution >= 4 is 11.9 Å². The van der Waals surface area contributed by atoms with Crippen LogP contribution in [0.2, 0.25) is 0 Å². The van der Waals surface area contributed by atoms with Gasteiger partial charge < -0.3 is 15.2 Å². The Kier molecular flexibility index (Phi) is 7.28. The molecular weight excluding hydrogens is 296 g/mol. The van der Waals surface area contributed by atoms with Gasteiger partial charge in [0.25, 0.3) is 0 Å². The molecular formula is C15H19F2NO4. The van der Waals surface area contributed by atoms with Gasteiger partial charge in [0, 0.05) is 6.04 Å². The van der Waals surface area contributed by atoms with E-state index in [2.05, 4.69) is 10.1 Å². The summed E-state index contributed by atoms with van der Waals surface area (Å²) in [7, 11) is 0. The maximum atomic E-state index is 12.0. The summed E-state index contributed by atoms with van der Waals surface area (Å²) >= 11 is 0. The zero-order chi connectivity index (χ0) is 16.5. The number of amides is 1. The lowest BCUT2D eigenvalue weighted by Gasteiger charge is -2.16. The normalized spacial score (nSPS) is 12.0. The highest BCUT2D eigenvalue weighted by Crippen LogP contribution is 2.15. The molecule has 0 aromatic heterocycles. The van der Waals surface area contributed by atoms with Crippen molar-refractivity contribution in [2.24, 2.45) is 0 Å². The number of carboxylic acid groups (broad SMARTS) is 1. The summed E-state index contributed by atoms with van der Waals surface area (Å²) in [6.07, 6.45) is 1.27. The number of halogens is 2. The fourth-order valence-electron chi connectivity index (χ4n) is 2.04. The molecule has 0 aliphatic carbocycles. The summed E-state index contributed by atoms with van der Waals surface area (Å²) in [4.78, 5) is 22.6. The van der Waals surface area contributed by atoms with E-state index in [9.17, 15) is 18.4 Å². The number of carbonyl (C=O) groups excluding carboxylic acids is 1. The highest BCUT2D eigenvalue weighted by Gasteiger charge is 2.15. The van der Waals surface area contributed by atoms with Crippen molar-refractivity contribution in [2.45, 2.75) is 45.3 Å². The molecule has 1 unspecified atom stereocenters. The fraction of sp³-hybridized carbons (Fsp3) is 0.467. The van der Waals surface area contributed by atoms with Gasteiger partial charge in [-0.25, -0.2) is 0 Å². The third-order valence-corrected chi connectivity index (χ3v) is 2.94. The number of rotatable bonds is 9. The van der Waals surface area contributed by atoms with E-state index in [4.69, 9.17) is 5.11 Å².